The molecule has 0 spiro atoms. The molecular formula is C10H10BrFN2O. The fraction of sp³-hybridized carbons (Fsp3) is 0.100. The van der Waals surface area contributed by atoms with Crippen LogP contribution in [0.5, 0.6) is 0 Å². The molecule has 0 radical (unpaired) electrons. The van der Waals surface area contributed by atoms with Crippen molar-refractivity contribution in [2.75, 3.05) is 11.9 Å². The van der Waals surface area contributed by atoms with Crippen molar-refractivity contribution < 1.29 is 9.18 Å². The highest BCUT2D eigenvalue weighted by Gasteiger charge is 2.04. The Hall–Kier alpha value is -1.36. The second-order valence-corrected chi connectivity index (χ2v) is 3.93. The highest BCUT2D eigenvalue weighted by Crippen LogP contribution is 2.11. The maximum Gasteiger partial charge on any atom is 0.319 e. The van der Waals surface area contributed by atoms with Gasteiger partial charge in [-0.25, -0.2) is 9.18 Å². The Morgan fingerprint density at radius 2 is 2.13 bits per heavy atom. The molecule has 2 amide bonds. The summed E-state index contributed by atoms with van der Waals surface area (Å²) in [4.78, 5) is 11.2. The number of hydrogen-bond donors (Lipinski definition) is 2. The minimum atomic E-state index is -0.472. The molecule has 0 aliphatic heterocycles. The number of amides is 2. The van der Waals surface area contributed by atoms with Crippen LogP contribution in [0.25, 0.3) is 0 Å². The predicted octanol–water partition coefficient (Wildman–Crippen LogP) is 2.86. The van der Waals surface area contributed by atoms with E-state index in [9.17, 15) is 9.18 Å². The second kappa shape index (κ2) is 5.50. The van der Waals surface area contributed by atoms with Gasteiger partial charge in [0.1, 0.15) is 5.82 Å². The molecule has 0 aliphatic rings. The molecule has 0 saturated carbocycles. The molecule has 0 atom stereocenters. The molecule has 2 N–H and O–H groups in total. The predicted molar refractivity (Wildman–Crippen MR) is 61.5 cm³/mol. The molecule has 0 fully saturated rings. The topological polar surface area (TPSA) is 41.1 Å². The Labute approximate surface area is 95.5 Å². The molecule has 0 heterocycles. The van der Waals surface area contributed by atoms with E-state index in [4.69, 9.17) is 0 Å². The van der Waals surface area contributed by atoms with E-state index in [1.807, 2.05) is 0 Å². The number of benzene rings is 1. The maximum absolute atomic E-state index is 13.1. The Morgan fingerprint density at radius 1 is 1.47 bits per heavy atom. The van der Waals surface area contributed by atoms with E-state index >= 15 is 0 Å². The van der Waals surface area contributed by atoms with E-state index in [-0.39, 0.29) is 5.69 Å². The molecular weight excluding hydrogens is 263 g/mol. The molecule has 1 aromatic rings. The van der Waals surface area contributed by atoms with Crippen LogP contribution in [0.4, 0.5) is 14.9 Å². The Balaban J connectivity index is 2.52. The van der Waals surface area contributed by atoms with Gasteiger partial charge in [0.2, 0.25) is 0 Å². The van der Waals surface area contributed by atoms with E-state index in [0.717, 1.165) is 0 Å². The highest BCUT2D eigenvalue weighted by molar-refractivity contribution is 9.11. The number of hydrogen-bond acceptors (Lipinski definition) is 1. The molecule has 0 aliphatic carbocycles. The molecule has 0 bridgehead atoms. The molecule has 80 valence electrons. The summed E-state index contributed by atoms with van der Waals surface area (Å²) in [6, 6.07) is 5.48. The van der Waals surface area contributed by atoms with E-state index in [2.05, 4.69) is 33.1 Å². The largest absolute Gasteiger partial charge is 0.333 e. The van der Waals surface area contributed by atoms with Crippen molar-refractivity contribution in [2.45, 2.75) is 0 Å². The van der Waals surface area contributed by atoms with E-state index < -0.39 is 11.8 Å². The summed E-state index contributed by atoms with van der Waals surface area (Å²) >= 11 is 3.09. The van der Waals surface area contributed by atoms with Gasteiger partial charge in [-0.05, 0) is 12.1 Å². The number of urea groups is 1. The van der Waals surface area contributed by atoms with Crippen LogP contribution in [0.2, 0.25) is 0 Å². The van der Waals surface area contributed by atoms with Gasteiger partial charge in [-0.2, -0.15) is 0 Å². The number of carbonyl (C=O) groups excluding carboxylic acids is 1. The van der Waals surface area contributed by atoms with Gasteiger partial charge < -0.3 is 10.6 Å². The van der Waals surface area contributed by atoms with Crippen molar-refractivity contribution in [3.05, 3.63) is 41.1 Å². The van der Waals surface area contributed by atoms with Crippen LogP contribution in [0.3, 0.4) is 0 Å². The molecule has 15 heavy (non-hydrogen) atoms. The van der Waals surface area contributed by atoms with Gasteiger partial charge >= 0.3 is 6.03 Å². The first-order valence-electron chi connectivity index (χ1n) is 4.22. The fourth-order valence-corrected chi connectivity index (χ4v) is 1.05. The van der Waals surface area contributed by atoms with Crippen molar-refractivity contribution in [1.29, 1.82) is 0 Å². The number of anilines is 1. The van der Waals surface area contributed by atoms with Crippen LogP contribution < -0.4 is 10.6 Å². The van der Waals surface area contributed by atoms with Crippen molar-refractivity contribution >= 4 is 27.6 Å². The van der Waals surface area contributed by atoms with Crippen LogP contribution in [-0.2, 0) is 0 Å². The average Bonchev–Trinajstić information content (AvgIpc) is 2.18. The molecule has 0 aromatic heterocycles. The monoisotopic (exact) mass is 272 g/mol. The number of halogens is 2. The van der Waals surface area contributed by atoms with Gasteiger partial charge in [0, 0.05) is 4.48 Å². The smallest absolute Gasteiger partial charge is 0.319 e. The van der Waals surface area contributed by atoms with E-state index in [1.54, 1.807) is 12.1 Å². The lowest BCUT2D eigenvalue weighted by atomic mass is 10.3. The summed E-state index contributed by atoms with van der Waals surface area (Å²) in [6.07, 6.45) is 0. The third kappa shape index (κ3) is 4.12. The van der Waals surface area contributed by atoms with Gasteiger partial charge in [0.05, 0.1) is 12.2 Å². The van der Waals surface area contributed by atoms with Gasteiger partial charge in [-0.15, -0.1) is 0 Å². The van der Waals surface area contributed by atoms with Crippen LogP contribution in [0, 0.1) is 5.82 Å². The molecule has 1 rings (SSSR count). The first-order chi connectivity index (χ1) is 7.09. The number of para-hydroxylation sites is 1. The lowest BCUT2D eigenvalue weighted by Crippen LogP contribution is -2.29. The molecule has 5 heteroatoms. The first-order valence-corrected chi connectivity index (χ1v) is 5.01. The zero-order chi connectivity index (χ0) is 11.3. The van der Waals surface area contributed by atoms with Crippen molar-refractivity contribution in [2.24, 2.45) is 0 Å². The summed E-state index contributed by atoms with van der Waals surface area (Å²) in [5, 5.41) is 4.87. The van der Waals surface area contributed by atoms with Crippen molar-refractivity contribution in [3.8, 4) is 0 Å². The molecule has 0 unspecified atom stereocenters. The summed E-state index contributed by atoms with van der Waals surface area (Å²) in [5.74, 6) is -0.467. The first kappa shape index (κ1) is 11.7. The van der Waals surface area contributed by atoms with E-state index in [0.29, 0.717) is 11.0 Å². The van der Waals surface area contributed by atoms with Crippen LogP contribution >= 0.6 is 15.9 Å². The Bertz CT molecular complexity index is 381. The average molecular weight is 273 g/mol. The normalized spacial score (nSPS) is 9.47. The molecule has 1 aromatic carbocycles. The lowest BCUT2D eigenvalue weighted by molar-refractivity contribution is 0.253. The van der Waals surface area contributed by atoms with Crippen LogP contribution in [-0.4, -0.2) is 12.6 Å². The zero-order valence-electron chi connectivity index (χ0n) is 7.89. The van der Waals surface area contributed by atoms with Gasteiger partial charge in [0.15, 0.2) is 0 Å². The Kier molecular flexibility index (Phi) is 4.30. The number of rotatable bonds is 3. The third-order valence-electron chi connectivity index (χ3n) is 1.56. The SMILES string of the molecule is C=C(Br)CNC(=O)Nc1ccccc1F. The fourth-order valence-electron chi connectivity index (χ4n) is 0.905. The minimum absolute atomic E-state index is 0.148. The second-order valence-electron chi connectivity index (χ2n) is 2.80. The third-order valence-corrected chi connectivity index (χ3v) is 1.84. The summed E-state index contributed by atoms with van der Waals surface area (Å²) in [6.45, 7) is 3.84. The van der Waals surface area contributed by atoms with Crippen molar-refractivity contribution in [1.82, 2.24) is 5.32 Å². The summed E-state index contributed by atoms with van der Waals surface area (Å²) < 4.78 is 13.7. The molecule has 3 nitrogen and oxygen atoms in total. The number of nitrogens with one attached hydrogen (secondary N) is 2. The summed E-state index contributed by atoms with van der Waals surface area (Å²) in [7, 11) is 0. The number of carbonyl (C=O) groups is 1. The van der Waals surface area contributed by atoms with E-state index in [1.165, 1.54) is 12.1 Å². The van der Waals surface area contributed by atoms with Crippen LogP contribution in [0.1, 0.15) is 0 Å². The van der Waals surface area contributed by atoms with Crippen molar-refractivity contribution in [3.63, 3.8) is 0 Å². The Morgan fingerprint density at radius 3 is 2.73 bits per heavy atom. The van der Waals surface area contributed by atoms with Gasteiger partial charge in [-0.1, -0.05) is 34.6 Å². The standard InChI is InChI=1S/C10H10BrFN2O/c1-7(11)6-13-10(15)14-9-5-3-2-4-8(9)12/h2-5H,1,6H2,(H2,13,14,15). The zero-order valence-corrected chi connectivity index (χ0v) is 9.47. The minimum Gasteiger partial charge on any atom is -0.333 e. The lowest BCUT2D eigenvalue weighted by Gasteiger charge is -2.07. The van der Waals surface area contributed by atoms with Gasteiger partial charge in [-0.3, -0.25) is 0 Å². The molecule has 0 saturated heterocycles. The van der Waals surface area contributed by atoms with Crippen LogP contribution in [0.15, 0.2) is 35.3 Å². The maximum atomic E-state index is 13.1. The quantitative estimate of drug-likeness (QED) is 0.873. The van der Waals surface area contributed by atoms with Gasteiger partial charge in [0.25, 0.3) is 0 Å². The highest BCUT2D eigenvalue weighted by atomic mass is 79.9. The summed E-state index contributed by atoms with van der Waals surface area (Å²) in [5.41, 5.74) is 0.148.